The zero-order chi connectivity index (χ0) is 17.7. The van der Waals surface area contributed by atoms with Gasteiger partial charge in [-0.25, -0.2) is 0 Å². The standard InChI is InChI=1S/C21H27NO2/c1-15(2)19-12-11-16(3)13-20(19)24-14-21(23)22(5)17(4)18-9-7-6-8-10-18/h6-13,15,17H,14H2,1-5H3. The van der Waals surface area contributed by atoms with Crippen molar-refractivity contribution in [2.45, 2.75) is 39.7 Å². The number of aryl methyl sites for hydroxylation is 1. The molecule has 0 saturated heterocycles. The number of likely N-dealkylation sites (N-methyl/N-ethyl adjacent to an activating group) is 1. The van der Waals surface area contributed by atoms with Gasteiger partial charge in [0.2, 0.25) is 0 Å². The average molecular weight is 325 g/mol. The van der Waals surface area contributed by atoms with E-state index in [4.69, 9.17) is 4.74 Å². The van der Waals surface area contributed by atoms with Gasteiger partial charge in [0.05, 0.1) is 6.04 Å². The lowest BCUT2D eigenvalue weighted by Gasteiger charge is -2.25. The molecule has 1 amide bonds. The second kappa shape index (κ2) is 8.00. The van der Waals surface area contributed by atoms with Gasteiger partial charge in [-0.2, -0.15) is 0 Å². The van der Waals surface area contributed by atoms with Gasteiger partial charge in [-0.15, -0.1) is 0 Å². The molecule has 0 N–H and O–H groups in total. The van der Waals surface area contributed by atoms with Gasteiger partial charge in [0.15, 0.2) is 6.61 Å². The molecule has 0 aromatic heterocycles. The second-order valence-corrected chi connectivity index (χ2v) is 6.58. The zero-order valence-electron chi connectivity index (χ0n) is 15.2. The number of rotatable bonds is 6. The number of carbonyl (C=O) groups is 1. The Bertz CT molecular complexity index is 679. The van der Waals surface area contributed by atoms with E-state index in [1.807, 2.05) is 57.3 Å². The van der Waals surface area contributed by atoms with Crippen molar-refractivity contribution in [3.63, 3.8) is 0 Å². The topological polar surface area (TPSA) is 29.5 Å². The van der Waals surface area contributed by atoms with E-state index in [9.17, 15) is 4.79 Å². The van der Waals surface area contributed by atoms with E-state index >= 15 is 0 Å². The summed E-state index contributed by atoms with van der Waals surface area (Å²) in [5, 5.41) is 0. The second-order valence-electron chi connectivity index (χ2n) is 6.58. The first-order chi connectivity index (χ1) is 11.4. The summed E-state index contributed by atoms with van der Waals surface area (Å²) in [5.41, 5.74) is 3.38. The summed E-state index contributed by atoms with van der Waals surface area (Å²) in [4.78, 5) is 14.2. The summed E-state index contributed by atoms with van der Waals surface area (Å²) in [6.07, 6.45) is 0. The molecule has 3 nitrogen and oxygen atoms in total. The highest BCUT2D eigenvalue weighted by molar-refractivity contribution is 5.78. The molecule has 0 spiro atoms. The predicted octanol–water partition coefficient (Wildman–Crippen LogP) is 4.72. The van der Waals surface area contributed by atoms with Gasteiger partial charge in [-0.3, -0.25) is 4.79 Å². The van der Waals surface area contributed by atoms with Crippen molar-refractivity contribution < 1.29 is 9.53 Å². The maximum atomic E-state index is 12.5. The van der Waals surface area contributed by atoms with Gasteiger partial charge >= 0.3 is 0 Å². The van der Waals surface area contributed by atoms with Crippen LogP contribution in [0.1, 0.15) is 49.4 Å². The van der Waals surface area contributed by atoms with Crippen molar-refractivity contribution >= 4 is 5.91 Å². The third kappa shape index (κ3) is 4.38. The molecule has 3 heteroatoms. The number of ether oxygens (including phenoxy) is 1. The molecule has 0 bridgehead atoms. The van der Waals surface area contributed by atoms with Gasteiger partial charge in [-0.1, -0.05) is 56.3 Å². The van der Waals surface area contributed by atoms with E-state index in [2.05, 4.69) is 26.0 Å². The minimum atomic E-state index is -0.0254. The quantitative estimate of drug-likeness (QED) is 0.769. The van der Waals surface area contributed by atoms with Crippen LogP contribution in [0.5, 0.6) is 5.75 Å². The van der Waals surface area contributed by atoms with Crippen LogP contribution >= 0.6 is 0 Å². The van der Waals surface area contributed by atoms with Crippen molar-refractivity contribution in [3.05, 3.63) is 65.2 Å². The Morgan fingerprint density at radius 1 is 1.08 bits per heavy atom. The van der Waals surface area contributed by atoms with E-state index in [1.54, 1.807) is 4.90 Å². The van der Waals surface area contributed by atoms with Crippen LogP contribution in [0.3, 0.4) is 0 Å². The van der Waals surface area contributed by atoms with Gasteiger partial charge in [0.1, 0.15) is 5.75 Å². The maximum absolute atomic E-state index is 12.5. The summed E-state index contributed by atoms with van der Waals surface area (Å²) in [7, 11) is 1.82. The van der Waals surface area contributed by atoms with Crippen molar-refractivity contribution in [2.24, 2.45) is 0 Å². The first-order valence-electron chi connectivity index (χ1n) is 8.44. The lowest BCUT2D eigenvalue weighted by atomic mass is 10.0. The third-order valence-corrected chi connectivity index (χ3v) is 4.40. The summed E-state index contributed by atoms with van der Waals surface area (Å²) in [6.45, 7) is 8.37. The highest BCUT2D eigenvalue weighted by Crippen LogP contribution is 2.27. The summed E-state index contributed by atoms with van der Waals surface area (Å²) < 4.78 is 5.86. The molecule has 1 atom stereocenters. The first-order valence-corrected chi connectivity index (χ1v) is 8.44. The van der Waals surface area contributed by atoms with E-state index in [0.29, 0.717) is 5.92 Å². The molecule has 24 heavy (non-hydrogen) atoms. The van der Waals surface area contributed by atoms with Gasteiger partial charge in [0, 0.05) is 7.05 Å². The molecule has 0 fully saturated rings. The third-order valence-electron chi connectivity index (χ3n) is 4.40. The van der Waals surface area contributed by atoms with E-state index < -0.39 is 0 Å². The maximum Gasteiger partial charge on any atom is 0.260 e. The van der Waals surface area contributed by atoms with Crippen LogP contribution in [0.15, 0.2) is 48.5 Å². The Hall–Kier alpha value is -2.29. The predicted molar refractivity (Wildman–Crippen MR) is 98.4 cm³/mol. The number of amides is 1. The number of hydrogen-bond acceptors (Lipinski definition) is 2. The highest BCUT2D eigenvalue weighted by Gasteiger charge is 2.18. The minimum absolute atomic E-state index is 0.0179. The van der Waals surface area contributed by atoms with E-state index in [-0.39, 0.29) is 18.6 Å². The zero-order valence-corrected chi connectivity index (χ0v) is 15.2. The van der Waals surface area contributed by atoms with Crippen LogP contribution in [0, 0.1) is 6.92 Å². The van der Waals surface area contributed by atoms with Gasteiger partial charge in [-0.05, 0) is 42.5 Å². The van der Waals surface area contributed by atoms with Crippen LogP contribution in [0.4, 0.5) is 0 Å². The molecule has 1 unspecified atom stereocenters. The molecule has 0 heterocycles. The Balaban J connectivity index is 2.04. The number of hydrogen-bond donors (Lipinski definition) is 0. The molecule has 0 aliphatic rings. The molecule has 2 rings (SSSR count). The van der Waals surface area contributed by atoms with Crippen molar-refractivity contribution in [2.75, 3.05) is 13.7 Å². The number of carbonyl (C=O) groups excluding carboxylic acids is 1. The molecule has 0 saturated carbocycles. The molecule has 128 valence electrons. The normalized spacial score (nSPS) is 12.1. The summed E-state index contributed by atoms with van der Waals surface area (Å²) in [5.74, 6) is 1.14. The van der Waals surface area contributed by atoms with Crippen molar-refractivity contribution in [1.82, 2.24) is 4.90 Å². The largest absolute Gasteiger partial charge is 0.483 e. The fourth-order valence-electron chi connectivity index (χ4n) is 2.66. The summed E-state index contributed by atoms with van der Waals surface area (Å²) in [6, 6.07) is 16.2. The first kappa shape index (κ1) is 18.1. The van der Waals surface area contributed by atoms with Gasteiger partial charge < -0.3 is 9.64 Å². The lowest BCUT2D eigenvalue weighted by Crippen LogP contribution is -2.33. The Labute approximate surface area is 145 Å². The van der Waals surface area contributed by atoms with Crippen LogP contribution in [-0.2, 0) is 4.79 Å². The molecule has 0 aliphatic heterocycles. The molecular formula is C21H27NO2. The Morgan fingerprint density at radius 3 is 2.38 bits per heavy atom. The van der Waals surface area contributed by atoms with E-state index in [0.717, 1.165) is 22.4 Å². The Morgan fingerprint density at radius 2 is 1.75 bits per heavy atom. The molecular weight excluding hydrogens is 298 g/mol. The molecule has 0 radical (unpaired) electrons. The van der Waals surface area contributed by atoms with Crippen LogP contribution in [0.2, 0.25) is 0 Å². The van der Waals surface area contributed by atoms with E-state index in [1.165, 1.54) is 0 Å². The highest BCUT2D eigenvalue weighted by atomic mass is 16.5. The minimum Gasteiger partial charge on any atom is -0.483 e. The molecule has 2 aromatic rings. The fourth-order valence-corrected chi connectivity index (χ4v) is 2.66. The van der Waals surface area contributed by atoms with Crippen LogP contribution in [0.25, 0.3) is 0 Å². The van der Waals surface area contributed by atoms with Crippen LogP contribution in [-0.4, -0.2) is 24.5 Å². The average Bonchev–Trinajstić information content (AvgIpc) is 2.58. The smallest absolute Gasteiger partial charge is 0.260 e. The number of nitrogens with zero attached hydrogens (tertiary/aromatic N) is 1. The number of benzene rings is 2. The van der Waals surface area contributed by atoms with Crippen molar-refractivity contribution in [1.29, 1.82) is 0 Å². The van der Waals surface area contributed by atoms with Gasteiger partial charge in [0.25, 0.3) is 5.91 Å². The monoisotopic (exact) mass is 325 g/mol. The molecule has 2 aromatic carbocycles. The van der Waals surface area contributed by atoms with Crippen molar-refractivity contribution in [3.8, 4) is 5.75 Å². The molecule has 0 aliphatic carbocycles. The fraction of sp³-hybridized carbons (Fsp3) is 0.381. The Kier molecular flexibility index (Phi) is 6.02. The summed E-state index contributed by atoms with van der Waals surface area (Å²) >= 11 is 0. The lowest BCUT2D eigenvalue weighted by molar-refractivity contribution is -0.134. The SMILES string of the molecule is Cc1ccc(C(C)C)c(OCC(=O)N(C)C(C)c2ccccc2)c1. The van der Waals surface area contributed by atoms with Crippen LogP contribution < -0.4 is 4.74 Å².